The van der Waals surface area contributed by atoms with Crippen LogP contribution >= 0.6 is 0 Å². The number of likely N-dealkylation sites (tertiary alicyclic amines) is 1. The highest BCUT2D eigenvalue weighted by molar-refractivity contribution is 4.79. The molecule has 1 heterocycles. The molecule has 0 aromatic carbocycles. The largest absolute Gasteiger partial charge is 0.393 e. The Morgan fingerprint density at radius 3 is 2.67 bits per heavy atom. The lowest BCUT2D eigenvalue weighted by molar-refractivity contribution is 0.183. The quantitative estimate of drug-likeness (QED) is 0.649. The predicted octanol–water partition coefficient (Wildman–Crippen LogP) is 1.08. The van der Waals surface area contributed by atoms with E-state index >= 15 is 0 Å². The first-order valence-corrected chi connectivity index (χ1v) is 6.22. The molecule has 0 bridgehead atoms. The second-order valence-electron chi connectivity index (χ2n) is 5.09. The van der Waals surface area contributed by atoms with Crippen LogP contribution in [0.3, 0.4) is 0 Å². The third kappa shape index (κ3) is 4.96. The normalized spacial score (nSPS) is 25.0. The van der Waals surface area contributed by atoms with E-state index in [1.807, 2.05) is 6.92 Å². The van der Waals surface area contributed by atoms with Crippen LogP contribution in [0.15, 0.2) is 0 Å². The van der Waals surface area contributed by atoms with Crippen LogP contribution in [0.5, 0.6) is 0 Å². The lowest BCUT2D eigenvalue weighted by Crippen LogP contribution is -2.31. The molecule has 0 aromatic heterocycles. The van der Waals surface area contributed by atoms with Gasteiger partial charge in [-0.2, -0.15) is 0 Å². The highest BCUT2D eigenvalue weighted by Gasteiger charge is 2.23. The van der Waals surface area contributed by atoms with Crippen molar-refractivity contribution in [2.24, 2.45) is 5.92 Å². The predicted molar refractivity (Wildman–Crippen MR) is 64.0 cm³/mol. The minimum atomic E-state index is -0.173. The lowest BCUT2D eigenvalue weighted by Gasteiger charge is -2.20. The molecule has 2 atom stereocenters. The van der Waals surface area contributed by atoms with Crippen LogP contribution in [0.2, 0.25) is 0 Å². The van der Waals surface area contributed by atoms with Gasteiger partial charge < -0.3 is 15.3 Å². The Balaban J connectivity index is 2.04. The molecule has 0 radical (unpaired) electrons. The molecule has 1 aliphatic heterocycles. The number of aliphatic hydroxyl groups excluding tert-OH is 1. The highest BCUT2D eigenvalue weighted by atomic mass is 16.3. The fraction of sp³-hybridized carbons (Fsp3) is 1.00. The first-order chi connectivity index (χ1) is 7.09. The molecule has 1 rings (SSSR count). The molecule has 15 heavy (non-hydrogen) atoms. The van der Waals surface area contributed by atoms with Crippen LogP contribution in [0.1, 0.15) is 33.6 Å². The third-order valence-electron chi connectivity index (χ3n) is 3.22. The summed E-state index contributed by atoms with van der Waals surface area (Å²) in [6.07, 6.45) is 2.01. The van der Waals surface area contributed by atoms with Crippen molar-refractivity contribution < 1.29 is 5.11 Å². The van der Waals surface area contributed by atoms with Gasteiger partial charge in [0.1, 0.15) is 0 Å². The summed E-state index contributed by atoms with van der Waals surface area (Å²) in [7, 11) is 0. The molecule has 1 aliphatic rings. The van der Waals surface area contributed by atoms with Gasteiger partial charge in [0.2, 0.25) is 0 Å². The van der Waals surface area contributed by atoms with Gasteiger partial charge in [0.05, 0.1) is 6.10 Å². The molecule has 1 saturated heterocycles. The standard InChI is InChI=1S/C12H26N2O/c1-10(2)14-7-5-12(9-14)8-13-6-4-11(3)15/h10-13,15H,4-9H2,1-3H3. The summed E-state index contributed by atoms with van der Waals surface area (Å²) in [6.45, 7) is 10.9. The Labute approximate surface area is 93.9 Å². The molecule has 3 heteroatoms. The Hall–Kier alpha value is -0.120. The molecule has 2 unspecified atom stereocenters. The maximum absolute atomic E-state index is 9.11. The Morgan fingerprint density at radius 1 is 1.40 bits per heavy atom. The van der Waals surface area contributed by atoms with E-state index in [0.717, 1.165) is 25.4 Å². The van der Waals surface area contributed by atoms with Gasteiger partial charge in [0.15, 0.2) is 0 Å². The van der Waals surface area contributed by atoms with Gasteiger partial charge in [0, 0.05) is 12.6 Å². The first-order valence-electron chi connectivity index (χ1n) is 6.22. The maximum Gasteiger partial charge on any atom is 0.0524 e. The van der Waals surface area contributed by atoms with Gasteiger partial charge >= 0.3 is 0 Å². The number of aliphatic hydroxyl groups is 1. The van der Waals surface area contributed by atoms with E-state index < -0.39 is 0 Å². The molecule has 1 fully saturated rings. The van der Waals surface area contributed by atoms with Gasteiger partial charge in [-0.25, -0.2) is 0 Å². The molecule has 3 nitrogen and oxygen atoms in total. The van der Waals surface area contributed by atoms with Crippen LogP contribution in [-0.2, 0) is 0 Å². The number of rotatable bonds is 6. The zero-order valence-electron chi connectivity index (χ0n) is 10.4. The smallest absolute Gasteiger partial charge is 0.0524 e. The van der Waals surface area contributed by atoms with Crippen molar-refractivity contribution in [1.29, 1.82) is 0 Å². The topological polar surface area (TPSA) is 35.5 Å². The SMILES string of the molecule is CC(O)CCNCC1CCN(C(C)C)C1. The summed E-state index contributed by atoms with van der Waals surface area (Å²) in [6, 6.07) is 0.687. The fourth-order valence-corrected chi connectivity index (χ4v) is 2.12. The molecular weight excluding hydrogens is 188 g/mol. The minimum absolute atomic E-state index is 0.173. The fourth-order valence-electron chi connectivity index (χ4n) is 2.12. The van der Waals surface area contributed by atoms with Gasteiger partial charge in [-0.3, -0.25) is 0 Å². The number of hydrogen-bond donors (Lipinski definition) is 2. The average Bonchev–Trinajstić information content (AvgIpc) is 2.60. The number of nitrogens with zero attached hydrogens (tertiary/aromatic N) is 1. The van der Waals surface area contributed by atoms with Crippen molar-refractivity contribution in [3.63, 3.8) is 0 Å². The van der Waals surface area contributed by atoms with E-state index in [2.05, 4.69) is 24.1 Å². The van der Waals surface area contributed by atoms with E-state index in [-0.39, 0.29) is 6.10 Å². The van der Waals surface area contributed by atoms with E-state index in [1.165, 1.54) is 19.5 Å². The lowest BCUT2D eigenvalue weighted by atomic mass is 10.1. The van der Waals surface area contributed by atoms with Crippen LogP contribution < -0.4 is 5.32 Å². The number of hydrogen-bond acceptors (Lipinski definition) is 3. The average molecular weight is 214 g/mol. The van der Waals surface area contributed by atoms with Crippen molar-refractivity contribution in [3.05, 3.63) is 0 Å². The molecule has 2 N–H and O–H groups in total. The summed E-state index contributed by atoms with van der Waals surface area (Å²) < 4.78 is 0. The Bertz CT molecular complexity index is 171. The zero-order valence-corrected chi connectivity index (χ0v) is 10.4. The Morgan fingerprint density at radius 2 is 2.13 bits per heavy atom. The molecule has 90 valence electrons. The second-order valence-corrected chi connectivity index (χ2v) is 5.09. The van der Waals surface area contributed by atoms with Crippen LogP contribution in [0, 0.1) is 5.92 Å². The third-order valence-corrected chi connectivity index (χ3v) is 3.22. The van der Waals surface area contributed by atoms with E-state index in [1.54, 1.807) is 0 Å². The summed E-state index contributed by atoms with van der Waals surface area (Å²) in [5.41, 5.74) is 0. The van der Waals surface area contributed by atoms with Gasteiger partial charge in [-0.15, -0.1) is 0 Å². The monoisotopic (exact) mass is 214 g/mol. The van der Waals surface area contributed by atoms with Crippen molar-refractivity contribution in [3.8, 4) is 0 Å². The van der Waals surface area contributed by atoms with Crippen molar-refractivity contribution in [2.45, 2.75) is 45.8 Å². The van der Waals surface area contributed by atoms with Crippen molar-refractivity contribution in [1.82, 2.24) is 10.2 Å². The summed E-state index contributed by atoms with van der Waals surface area (Å²) in [5, 5.41) is 12.5. The van der Waals surface area contributed by atoms with Crippen LogP contribution in [0.4, 0.5) is 0 Å². The molecule has 0 spiro atoms. The van der Waals surface area contributed by atoms with E-state index in [0.29, 0.717) is 6.04 Å². The Kier molecular flexibility index (Phi) is 5.58. The molecular formula is C12H26N2O. The number of nitrogens with one attached hydrogen (secondary N) is 1. The van der Waals surface area contributed by atoms with Crippen LogP contribution in [0.25, 0.3) is 0 Å². The molecule has 0 aromatic rings. The van der Waals surface area contributed by atoms with Gasteiger partial charge in [0.25, 0.3) is 0 Å². The van der Waals surface area contributed by atoms with Gasteiger partial charge in [-0.1, -0.05) is 0 Å². The summed E-state index contributed by atoms with van der Waals surface area (Å²) in [5.74, 6) is 0.807. The minimum Gasteiger partial charge on any atom is -0.393 e. The summed E-state index contributed by atoms with van der Waals surface area (Å²) >= 11 is 0. The van der Waals surface area contributed by atoms with E-state index in [9.17, 15) is 0 Å². The molecule has 0 amide bonds. The molecule has 0 saturated carbocycles. The second kappa shape index (κ2) is 6.46. The molecule has 0 aliphatic carbocycles. The summed E-state index contributed by atoms with van der Waals surface area (Å²) in [4.78, 5) is 2.54. The van der Waals surface area contributed by atoms with Crippen LogP contribution in [-0.4, -0.2) is 48.3 Å². The zero-order chi connectivity index (χ0) is 11.3. The highest BCUT2D eigenvalue weighted by Crippen LogP contribution is 2.17. The van der Waals surface area contributed by atoms with Gasteiger partial charge in [-0.05, 0) is 59.2 Å². The van der Waals surface area contributed by atoms with Crippen molar-refractivity contribution >= 4 is 0 Å². The first kappa shape index (κ1) is 12.9. The van der Waals surface area contributed by atoms with Crippen molar-refractivity contribution in [2.75, 3.05) is 26.2 Å². The maximum atomic E-state index is 9.11. The van der Waals surface area contributed by atoms with E-state index in [4.69, 9.17) is 5.11 Å².